The minimum absolute atomic E-state index is 0.00863. The third-order valence-electron chi connectivity index (χ3n) is 3.65. The van der Waals surface area contributed by atoms with Gasteiger partial charge >= 0.3 is 0 Å². The fourth-order valence-corrected chi connectivity index (χ4v) is 2.94. The molecule has 0 spiro atoms. The van der Waals surface area contributed by atoms with E-state index in [2.05, 4.69) is 53.3 Å². The van der Waals surface area contributed by atoms with Crippen molar-refractivity contribution >= 4 is 46.4 Å². The van der Waals surface area contributed by atoms with Crippen molar-refractivity contribution in [3.05, 3.63) is 44.7 Å². The van der Waals surface area contributed by atoms with Crippen molar-refractivity contribution in [2.24, 2.45) is 0 Å². The highest BCUT2D eigenvalue weighted by atomic mass is 35.5. The molecule has 0 bridgehead atoms. The van der Waals surface area contributed by atoms with Gasteiger partial charge in [0.05, 0.1) is 34.3 Å². The molecule has 0 unspecified atom stereocenters. The molecule has 140 valence electrons. The summed E-state index contributed by atoms with van der Waals surface area (Å²) in [7, 11) is 0. The first-order valence-electron chi connectivity index (χ1n) is 8.10. The molecule has 6 nitrogen and oxygen atoms in total. The summed E-state index contributed by atoms with van der Waals surface area (Å²) >= 11 is 17.7. The van der Waals surface area contributed by atoms with E-state index >= 15 is 0 Å². The Morgan fingerprint density at radius 2 is 1.62 bits per heavy atom. The van der Waals surface area contributed by atoms with Crippen molar-refractivity contribution in [2.45, 2.75) is 39.5 Å². The van der Waals surface area contributed by atoms with Crippen LogP contribution in [0.3, 0.4) is 0 Å². The van der Waals surface area contributed by atoms with Gasteiger partial charge in [-0.05, 0) is 17.9 Å². The number of nitrogens with one attached hydrogen (secondary N) is 2. The topological polar surface area (TPSA) is 79.8 Å². The molecule has 0 atom stereocenters. The van der Waals surface area contributed by atoms with Crippen LogP contribution in [0.4, 0.5) is 5.69 Å². The summed E-state index contributed by atoms with van der Waals surface area (Å²) in [6.45, 7) is 8.38. The molecule has 9 heteroatoms. The lowest BCUT2D eigenvalue weighted by Gasteiger charge is -2.19. The van der Waals surface area contributed by atoms with Crippen molar-refractivity contribution in [1.82, 2.24) is 20.3 Å². The van der Waals surface area contributed by atoms with Crippen LogP contribution in [-0.4, -0.2) is 27.5 Å². The molecule has 0 saturated carbocycles. The molecule has 1 amide bonds. The maximum atomic E-state index is 12.3. The zero-order chi connectivity index (χ0) is 19.4. The molecule has 2 N–H and O–H groups in total. The highest BCUT2D eigenvalue weighted by Crippen LogP contribution is 2.29. The Morgan fingerprint density at radius 3 is 2.15 bits per heavy atom. The summed E-state index contributed by atoms with van der Waals surface area (Å²) in [5, 5.41) is 6.15. The lowest BCUT2D eigenvalue weighted by Crippen LogP contribution is -2.30. The van der Waals surface area contributed by atoms with E-state index in [4.69, 9.17) is 34.8 Å². The minimum atomic E-state index is -0.414. The molecule has 0 aliphatic carbocycles. The van der Waals surface area contributed by atoms with E-state index in [1.54, 1.807) is 6.33 Å². The molecule has 0 aliphatic rings. The first-order chi connectivity index (χ1) is 12.2. The van der Waals surface area contributed by atoms with Gasteiger partial charge in [-0.1, -0.05) is 62.5 Å². The maximum absolute atomic E-state index is 12.3. The normalized spacial score (nSPS) is 11.1. The third kappa shape index (κ3) is 4.75. The summed E-state index contributed by atoms with van der Waals surface area (Å²) in [4.78, 5) is 24.9. The summed E-state index contributed by atoms with van der Waals surface area (Å²) in [6.07, 6.45) is 1.57. The summed E-state index contributed by atoms with van der Waals surface area (Å²) in [5.74, 6) is 0.00689. The number of rotatable bonds is 6. The van der Waals surface area contributed by atoms with Gasteiger partial charge in [-0.15, -0.1) is 0 Å². The monoisotopic (exact) mass is 415 g/mol. The molecule has 2 aromatic rings. The van der Waals surface area contributed by atoms with Gasteiger partial charge in [0.2, 0.25) is 0 Å². The first-order valence-corrected chi connectivity index (χ1v) is 9.24. The van der Waals surface area contributed by atoms with Crippen LogP contribution in [0.25, 0.3) is 0 Å². The molecular formula is C17H20Cl3N5O. The standard InChI is InChI=1S/C17H20Cl3N5O/c1-8(2)12-14(13(9(3)4)22-6-21-12)23-7-24-17(26)10-5-11(18)16(20)25-15(10)19/h5-6,8-9,23H,7H2,1-4H3,(H,24,26). The van der Waals surface area contributed by atoms with Crippen molar-refractivity contribution in [2.75, 3.05) is 12.0 Å². The second-order valence-electron chi connectivity index (χ2n) is 6.29. The van der Waals surface area contributed by atoms with Gasteiger partial charge in [-0.2, -0.15) is 0 Å². The van der Waals surface area contributed by atoms with Crippen molar-refractivity contribution in [1.29, 1.82) is 0 Å². The van der Waals surface area contributed by atoms with Crippen molar-refractivity contribution in [3.8, 4) is 0 Å². The fraction of sp³-hybridized carbons (Fsp3) is 0.412. The highest BCUT2D eigenvalue weighted by Gasteiger charge is 2.18. The Kier molecular flexibility index (Phi) is 7.03. The number of nitrogens with zero attached hydrogens (tertiary/aromatic N) is 3. The van der Waals surface area contributed by atoms with Crippen molar-refractivity contribution < 1.29 is 4.79 Å². The molecule has 2 aromatic heterocycles. The smallest absolute Gasteiger partial charge is 0.255 e. The van der Waals surface area contributed by atoms with Crippen LogP contribution in [0, 0.1) is 0 Å². The predicted molar refractivity (Wildman–Crippen MR) is 105 cm³/mol. The van der Waals surface area contributed by atoms with Gasteiger partial charge in [-0.3, -0.25) is 4.79 Å². The second kappa shape index (κ2) is 8.84. The Labute approximate surface area is 167 Å². The SMILES string of the molecule is CC(C)c1ncnc(C(C)C)c1NCNC(=O)c1cc(Cl)c(Cl)nc1Cl. The summed E-state index contributed by atoms with van der Waals surface area (Å²) in [5.41, 5.74) is 2.77. The summed E-state index contributed by atoms with van der Waals surface area (Å²) < 4.78 is 0. The van der Waals surface area contributed by atoms with Gasteiger partial charge in [0.25, 0.3) is 5.91 Å². The van der Waals surface area contributed by atoms with Crippen molar-refractivity contribution in [3.63, 3.8) is 0 Å². The number of carbonyl (C=O) groups is 1. The number of hydrogen-bond donors (Lipinski definition) is 2. The van der Waals surface area contributed by atoms with E-state index in [1.165, 1.54) is 6.07 Å². The Morgan fingerprint density at radius 1 is 1.04 bits per heavy atom. The molecule has 0 aromatic carbocycles. The minimum Gasteiger partial charge on any atom is -0.365 e. The lowest BCUT2D eigenvalue weighted by atomic mass is 10.0. The number of aromatic nitrogens is 3. The highest BCUT2D eigenvalue weighted by molar-refractivity contribution is 6.42. The van der Waals surface area contributed by atoms with E-state index in [1.807, 2.05) is 0 Å². The average molecular weight is 417 g/mol. The van der Waals surface area contributed by atoms with Gasteiger partial charge in [0.1, 0.15) is 16.6 Å². The zero-order valence-corrected chi connectivity index (χ0v) is 17.2. The van der Waals surface area contributed by atoms with Gasteiger partial charge in [-0.25, -0.2) is 15.0 Å². The van der Waals surface area contributed by atoms with Gasteiger partial charge in [0, 0.05) is 0 Å². The molecular weight excluding hydrogens is 397 g/mol. The Balaban J connectivity index is 2.15. The molecule has 26 heavy (non-hydrogen) atoms. The van der Waals surface area contributed by atoms with E-state index in [-0.39, 0.29) is 39.4 Å². The number of hydrogen-bond acceptors (Lipinski definition) is 5. The Hall–Kier alpha value is -1.63. The van der Waals surface area contributed by atoms with Gasteiger partial charge in [0.15, 0.2) is 0 Å². The number of pyridine rings is 1. The number of anilines is 1. The van der Waals surface area contributed by atoms with Crippen LogP contribution < -0.4 is 10.6 Å². The second-order valence-corrected chi connectivity index (χ2v) is 7.41. The summed E-state index contributed by atoms with van der Waals surface area (Å²) in [6, 6.07) is 1.39. The van der Waals surface area contributed by atoms with Crippen LogP contribution in [0.1, 0.15) is 61.3 Å². The number of amides is 1. The Bertz CT molecular complexity index is 785. The van der Waals surface area contributed by atoms with Crippen LogP contribution in [0.5, 0.6) is 0 Å². The average Bonchev–Trinajstić information content (AvgIpc) is 2.57. The maximum Gasteiger partial charge on any atom is 0.255 e. The lowest BCUT2D eigenvalue weighted by molar-refractivity contribution is 0.0956. The molecule has 0 saturated heterocycles. The number of halogens is 3. The third-order valence-corrected chi connectivity index (χ3v) is 4.61. The quantitative estimate of drug-likeness (QED) is 0.518. The first kappa shape index (κ1) is 20.7. The predicted octanol–water partition coefficient (Wildman–Crippen LogP) is 4.88. The van der Waals surface area contributed by atoms with E-state index < -0.39 is 5.91 Å². The van der Waals surface area contributed by atoms with Gasteiger partial charge < -0.3 is 10.6 Å². The molecule has 2 rings (SSSR count). The molecule has 0 fully saturated rings. The molecule has 0 radical (unpaired) electrons. The molecule has 0 aliphatic heterocycles. The van der Waals surface area contributed by atoms with Crippen LogP contribution in [0.2, 0.25) is 15.3 Å². The van der Waals surface area contributed by atoms with Crippen LogP contribution in [-0.2, 0) is 0 Å². The molecule has 2 heterocycles. The van der Waals surface area contributed by atoms with Crippen LogP contribution in [0.15, 0.2) is 12.4 Å². The van der Waals surface area contributed by atoms with E-state index in [0.717, 1.165) is 17.1 Å². The van der Waals surface area contributed by atoms with E-state index in [9.17, 15) is 4.79 Å². The fourth-order valence-electron chi connectivity index (χ4n) is 2.38. The zero-order valence-electron chi connectivity index (χ0n) is 14.9. The largest absolute Gasteiger partial charge is 0.365 e. The van der Waals surface area contributed by atoms with Crippen LogP contribution >= 0.6 is 34.8 Å². The van der Waals surface area contributed by atoms with E-state index in [0.29, 0.717) is 0 Å². The number of carbonyl (C=O) groups excluding carboxylic acids is 1.